The van der Waals surface area contributed by atoms with Gasteiger partial charge in [0.2, 0.25) is 5.91 Å². The fourth-order valence-electron chi connectivity index (χ4n) is 2.24. The lowest BCUT2D eigenvalue weighted by molar-refractivity contribution is -0.121. The number of rotatable bonds is 8. The van der Waals surface area contributed by atoms with E-state index < -0.39 is 0 Å². The first-order valence-electron chi connectivity index (χ1n) is 7.30. The summed E-state index contributed by atoms with van der Waals surface area (Å²) >= 11 is 0. The zero-order chi connectivity index (χ0) is 13.2. The summed E-state index contributed by atoms with van der Waals surface area (Å²) < 4.78 is 5.41. The summed E-state index contributed by atoms with van der Waals surface area (Å²) in [5.41, 5.74) is 0. The van der Waals surface area contributed by atoms with Gasteiger partial charge in [-0.2, -0.15) is 0 Å². The Labute approximate surface area is 111 Å². The molecule has 0 aromatic heterocycles. The van der Waals surface area contributed by atoms with Gasteiger partial charge in [0.25, 0.3) is 0 Å². The van der Waals surface area contributed by atoms with Gasteiger partial charge in [-0.3, -0.25) is 4.79 Å². The van der Waals surface area contributed by atoms with Crippen molar-refractivity contribution in [3.05, 3.63) is 0 Å². The quantitative estimate of drug-likeness (QED) is 0.652. The van der Waals surface area contributed by atoms with Crippen LogP contribution in [0, 0.1) is 0 Å². The molecule has 106 valence electrons. The number of ether oxygens (including phenoxy) is 1. The number of hydrogen-bond donors (Lipinski definition) is 2. The van der Waals surface area contributed by atoms with Crippen LogP contribution in [0.5, 0.6) is 0 Å². The molecule has 0 heterocycles. The molecule has 1 amide bonds. The average Bonchev–Trinajstić information content (AvgIpc) is 2.34. The van der Waals surface area contributed by atoms with E-state index in [9.17, 15) is 4.79 Å². The molecule has 0 aromatic rings. The Balaban J connectivity index is 1.93. The zero-order valence-corrected chi connectivity index (χ0v) is 11.8. The van der Waals surface area contributed by atoms with Gasteiger partial charge in [0, 0.05) is 25.6 Å². The minimum Gasteiger partial charge on any atom is -0.377 e. The lowest BCUT2D eigenvalue weighted by atomic mass is 9.95. The van der Waals surface area contributed by atoms with E-state index in [0.29, 0.717) is 19.1 Å². The van der Waals surface area contributed by atoms with Crippen molar-refractivity contribution >= 4 is 5.91 Å². The van der Waals surface area contributed by atoms with Gasteiger partial charge in [-0.25, -0.2) is 0 Å². The van der Waals surface area contributed by atoms with Gasteiger partial charge < -0.3 is 15.4 Å². The molecule has 1 fully saturated rings. The molecule has 0 saturated heterocycles. The molecule has 1 aliphatic carbocycles. The average molecular weight is 256 g/mol. The third-order valence-electron chi connectivity index (χ3n) is 3.23. The Morgan fingerprint density at radius 1 is 1.22 bits per heavy atom. The fourth-order valence-corrected chi connectivity index (χ4v) is 2.24. The van der Waals surface area contributed by atoms with Crippen LogP contribution in [0.4, 0.5) is 0 Å². The molecule has 0 bridgehead atoms. The smallest absolute Gasteiger partial charge is 0.221 e. The highest BCUT2D eigenvalue weighted by Gasteiger charge is 2.14. The molecule has 1 aliphatic rings. The lowest BCUT2D eigenvalue weighted by Gasteiger charge is -2.22. The maximum absolute atomic E-state index is 11.7. The number of hydrogen-bond acceptors (Lipinski definition) is 3. The number of amides is 1. The number of carbonyl (C=O) groups is 1. The van der Waals surface area contributed by atoms with Crippen molar-refractivity contribution in [1.82, 2.24) is 10.6 Å². The Hall–Kier alpha value is -0.610. The normalized spacial score (nSPS) is 17.1. The summed E-state index contributed by atoms with van der Waals surface area (Å²) in [5, 5.41) is 6.34. The Morgan fingerprint density at radius 3 is 2.61 bits per heavy atom. The van der Waals surface area contributed by atoms with Crippen LogP contribution in [-0.2, 0) is 9.53 Å². The van der Waals surface area contributed by atoms with Crippen molar-refractivity contribution in [1.29, 1.82) is 0 Å². The van der Waals surface area contributed by atoms with E-state index in [2.05, 4.69) is 10.6 Å². The molecule has 0 radical (unpaired) electrons. The van der Waals surface area contributed by atoms with Crippen molar-refractivity contribution in [3.63, 3.8) is 0 Å². The van der Waals surface area contributed by atoms with Crippen LogP contribution >= 0.6 is 0 Å². The van der Waals surface area contributed by atoms with E-state index in [1.54, 1.807) is 0 Å². The van der Waals surface area contributed by atoms with E-state index in [-0.39, 0.29) is 12.0 Å². The maximum atomic E-state index is 11.7. The maximum Gasteiger partial charge on any atom is 0.221 e. The summed E-state index contributed by atoms with van der Waals surface area (Å²) in [6.07, 6.45) is 7.00. The number of nitrogens with one attached hydrogen (secondary N) is 2. The van der Waals surface area contributed by atoms with Gasteiger partial charge in [0.1, 0.15) is 0 Å². The summed E-state index contributed by atoms with van der Waals surface area (Å²) in [4.78, 5) is 11.7. The van der Waals surface area contributed by atoms with Crippen molar-refractivity contribution in [2.75, 3.05) is 19.7 Å². The van der Waals surface area contributed by atoms with E-state index in [1.807, 2.05) is 13.8 Å². The highest BCUT2D eigenvalue weighted by atomic mass is 16.5. The van der Waals surface area contributed by atoms with Crippen LogP contribution in [0.3, 0.4) is 0 Å². The van der Waals surface area contributed by atoms with Crippen molar-refractivity contribution in [2.24, 2.45) is 0 Å². The second-order valence-corrected chi connectivity index (χ2v) is 5.32. The van der Waals surface area contributed by atoms with E-state index in [1.165, 1.54) is 19.3 Å². The van der Waals surface area contributed by atoms with Gasteiger partial charge >= 0.3 is 0 Å². The predicted molar refractivity (Wildman–Crippen MR) is 73.6 cm³/mol. The van der Waals surface area contributed by atoms with Crippen molar-refractivity contribution in [3.8, 4) is 0 Å². The van der Waals surface area contributed by atoms with Gasteiger partial charge in [0.15, 0.2) is 0 Å². The van der Waals surface area contributed by atoms with E-state index >= 15 is 0 Å². The highest BCUT2D eigenvalue weighted by molar-refractivity contribution is 5.76. The van der Waals surface area contributed by atoms with Crippen LogP contribution in [0.2, 0.25) is 0 Å². The minimum atomic E-state index is 0.180. The third kappa shape index (κ3) is 7.67. The van der Waals surface area contributed by atoms with Crippen molar-refractivity contribution in [2.45, 2.75) is 64.5 Å². The first kappa shape index (κ1) is 15.4. The standard InChI is InChI=1S/C14H28N2O2/c1-12(2)18-11-10-15-9-8-14(17)16-13-6-4-3-5-7-13/h12-13,15H,3-11H2,1-2H3,(H,16,17). The molecular formula is C14H28N2O2. The van der Waals surface area contributed by atoms with Crippen molar-refractivity contribution < 1.29 is 9.53 Å². The molecule has 0 aromatic carbocycles. The molecule has 2 N–H and O–H groups in total. The molecular weight excluding hydrogens is 228 g/mol. The van der Waals surface area contributed by atoms with Gasteiger partial charge in [0.05, 0.1) is 12.7 Å². The molecule has 4 nitrogen and oxygen atoms in total. The molecule has 1 rings (SSSR count). The van der Waals surface area contributed by atoms with Crippen LogP contribution < -0.4 is 10.6 Å². The Morgan fingerprint density at radius 2 is 1.94 bits per heavy atom. The third-order valence-corrected chi connectivity index (χ3v) is 3.23. The first-order valence-corrected chi connectivity index (χ1v) is 7.30. The summed E-state index contributed by atoms with van der Waals surface area (Å²) in [7, 11) is 0. The van der Waals surface area contributed by atoms with Gasteiger partial charge in [-0.05, 0) is 26.7 Å². The van der Waals surface area contributed by atoms with Crippen LogP contribution in [0.25, 0.3) is 0 Å². The van der Waals surface area contributed by atoms with E-state index in [0.717, 1.165) is 25.9 Å². The Kier molecular flexibility index (Phi) is 8.01. The summed E-state index contributed by atoms with van der Waals surface area (Å²) in [6.45, 7) is 6.31. The molecule has 0 unspecified atom stereocenters. The molecule has 0 spiro atoms. The van der Waals surface area contributed by atoms with Crippen LogP contribution in [-0.4, -0.2) is 37.7 Å². The topological polar surface area (TPSA) is 50.4 Å². The molecule has 18 heavy (non-hydrogen) atoms. The Bertz CT molecular complexity index is 226. The van der Waals surface area contributed by atoms with E-state index in [4.69, 9.17) is 4.74 Å². The fraction of sp³-hybridized carbons (Fsp3) is 0.929. The summed E-state index contributed by atoms with van der Waals surface area (Å²) in [6, 6.07) is 0.426. The van der Waals surface area contributed by atoms with Crippen LogP contribution in [0.1, 0.15) is 52.4 Å². The summed E-state index contributed by atoms with van der Waals surface area (Å²) in [5.74, 6) is 0.180. The second-order valence-electron chi connectivity index (χ2n) is 5.32. The van der Waals surface area contributed by atoms with Gasteiger partial charge in [-0.15, -0.1) is 0 Å². The monoisotopic (exact) mass is 256 g/mol. The molecule has 4 heteroatoms. The molecule has 0 atom stereocenters. The predicted octanol–water partition coefficient (Wildman–Crippen LogP) is 1.84. The largest absolute Gasteiger partial charge is 0.377 e. The first-order chi connectivity index (χ1) is 8.68. The lowest BCUT2D eigenvalue weighted by Crippen LogP contribution is -2.37. The van der Waals surface area contributed by atoms with Gasteiger partial charge in [-0.1, -0.05) is 19.3 Å². The number of carbonyl (C=O) groups excluding carboxylic acids is 1. The second kappa shape index (κ2) is 9.34. The zero-order valence-electron chi connectivity index (χ0n) is 11.8. The van der Waals surface area contributed by atoms with Crippen LogP contribution in [0.15, 0.2) is 0 Å². The SMILES string of the molecule is CC(C)OCCNCCC(=O)NC1CCCCC1. The minimum absolute atomic E-state index is 0.180. The molecule has 0 aliphatic heterocycles. The highest BCUT2D eigenvalue weighted by Crippen LogP contribution is 2.17. The molecule has 1 saturated carbocycles.